The van der Waals surface area contributed by atoms with Gasteiger partial charge in [0.2, 0.25) is 5.78 Å². The number of amides is 1. The zero-order chi connectivity index (χ0) is 22.8. The SMILES string of the molecule is CC(=O)C(=O)N[C@@H]1/C=C(C)/C=C/[C@@H](O)C/C=C(C)/C=C/[C@@H](O)C/C=C(\C)C(=O)[C@H]1C. The summed E-state index contributed by atoms with van der Waals surface area (Å²) in [4.78, 5) is 36.2. The van der Waals surface area contributed by atoms with Crippen molar-refractivity contribution in [3.63, 3.8) is 0 Å². The van der Waals surface area contributed by atoms with E-state index in [-0.39, 0.29) is 12.2 Å². The highest BCUT2D eigenvalue weighted by molar-refractivity contribution is 6.35. The minimum Gasteiger partial charge on any atom is -0.389 e. The zero-order valence-electron chi connectivity index (χ0n) is 18.4. The molecular weight excluding hydrogens is 382 g/mol. The lowest BCUT2D eigenvalue weighted by Gasteiger charge is -2.22. The second-order valence-corrected chi connectivity index (χ2v) is 7.78. The number of hydrogen-bond acceptors (Lipinski definition) is 5. The van der Waals surface area contributed by atoms with Crippen molar-refractivity contribution in [1.82, 2.24) is 5.32 Å². The van der Waals surface area contributed by atoms with Crippen molar-refractivity contribution in [2.45, 2.75) is 65.7 Å². The number of carbonyl (C=O) groups excluding carboxylic acids is 3. The van der Waals surface area contributed by atoms with Gasteiger partial charge in [0.05, 0.1) is 18.2 Å². The number of aliphatic hydroxyl groups excluding tert-OH is 2. The van der Waals surface area contributed by atoms with Crippen molar-refractivity contribution in [3.05, 3.63) is 59.3 Å². The summed E-state index contributed by atoms with van der Waals surface area (Å²) in [6.45, 7) is 8.21. The molecular formula is C24H33NO5. The molecule has 164 valence electrons. The lowest BCUT2D eigenvalue weighted by Crippen LogP contribution is -2.43. The Hall–Kier alpha value is -2.57. The van der Waals surface area contributed by atoms with Gasteiger partial charge in [-0.3, -0.25) is 14.4 Å². The molecule has 30 heavy (non-hydrogen) atoms. The number of ketones is 2. The van der Waals surface area contributed by atoms with Crippen LogP contribution in [-0.2, 0) is 14.4 Å². The van der Waals surface area contributed by atoms with Gasteiger partial charge in [-0.1, -0.05) is 60.6 Å². The average molecular weight is 416 g/mol. The van der Waals surface area contributed by atoms with Gasteiger partial charge in [-0.2, -0.15) is 0 Å². The third kappa shape index (κ3) is 8.84. The van der Waals surface area contributed by atoms with E-state index in [4.69, 9.17) is 0 Å². The molecule has 1 rings (SSSR count). The third-order valence-electron chi connectivity index (χ3n) is 4.91. The summed E-state index contributed by atoms with van der Waals surface area (Å²) in [5, 5.41) is 22.9. The fourth-order valence-corrected chi connectivity index (χ4v) is 2.88. The standard InChI is InChI=1S/C24H33NO5/c1-15-6-10-20(27)12-8-16(2)14-22(25-24(30)19(5)26)18(4)23(29)17(3)9-13-21(28)11-7-15/h6-9,11-12,14,18,20-22,27-28H,10,13H2,1-5H3,(H,25,30)/b11-7+,12-8+,15-6+,16-14+,17-9+/t18-,20-,21+,22+/m0/s1. The highest BCUT2D eigenvalue weighted by Gasteiger charge is 2.26. The molecule has 0 saturated heterocycles. The molecule has 0 unspecified atom stereocenters. The van der Waals surface area contributed by atoms with Crippen LogP contribution in [0.3, 0.4) is 0 Å². The molecule has 0 radical (unpaired) electrons. The molecule has 0 saturated carbocycles. The van der Waals surface area contributed by atoms with E-state index < -0.39 is 35.9 Å². The molecule has 0 aromatic heterocycles. The van der Waals surface area contributed by atoms with Crippen LogP contribution >= 0.6 is 0 Å². The van der Waals surface area contributed by atoms with Crippen LogP contribution in [0.2, 0.25) is 0 Å². The van der Waals surface area contributed by atoms with E-state index in [1.165, 1.54) is 6.92 Å². The lowest BCUT2D eigenvalue weighted by molar-refractivity contribution is -0.137. The van der Waals surface area contributed by atoms with Gasteiger partial charge in [-0.25, -0.2) is 0 Å². The minimum atomic E-state index is -0.763. The van der Waals surface area contributed by atoms with Gasteiger partial charge in [0, 0.05) is 12.8 Å². The van der Waals surface area contributed by atoms with Crippen LogP contribution in [0.5, 0.6) is 0 Å². The maximum absolute atomic E-state index is 12.9. The topological polar surface area (TPSA) is 104 Å². The van der Waals surface area contributed by atoms with Gasteiger partial charge in [0.1, 0.15) is 0 Å². The fraction of sp³-hybridized carbons (Fsp3) is 0.458. The zero-order valence-corrected chi connectivity index (χ0v) is 18.4. The molecule has 4 atom stereocenters. The van der Waals surface area contributed by atoms with Crippen LogP contribution in [0.1, 0.15) is 47.5 Å². The Morgan fingerprint density at radius 3 is 2.07 bits per heavy atom. The van der Waals surface area contributed by atoms with Gasteiger partial charge in [0.25, 0.3) is 5.91 Å². The summed E-state index contributed by atoms with van der Waals surface area (Å²) in [6, 6.07) is -0.693. The van der Waals surface area contributed by atoms with Gasteiger partial charge in [0.15, 0.2) is 5.78 Å². The van der Waals surface area contributed by atoms with Gasteiger partial charge in [-0.05, 0) is 39.2 Å². The van der Waals surface area contributed by atoms with Crippen LogP contribution < -0.4 is 5.32 Å². The van der Waals surface area contributed by atoms with E-state index in [2.05, 4.69) is 5.32 Å². The monoisotopic (exact) mass is 415 g/mol. The second-order valence-electron chi connectivity index (χ2n) is 7.78. The van der Waals surface area contributed by atoms with Crippen LogP contribution in [0.4, 0.5) is 0 Å². The number of aliphatic hydroxyl groups is 2. The molecule has 1 amide bonds. The summed E-state index contributed by atoms with van der Waals surface area (Å²) in [6.07, 6.45) is 11.3. The van der Waals surface area contributed by atoms with E-state index in [1.54, 1.807) is 57.2 Å². The first-order valence-corrected chi connectivity index (χ1v) is 10.1. The molecule has 0 aliphatic heterocycles. The van der Waals surface area contributed by atoms with Crippen molar-refractivity contribution >= 4 is 17.5 Å². The second kappa shape index (κ2) is 12.2. The summed E-state index contributed by atoms with van der Waals surface area (Å²) < 4.78 is 0. The first-order valence-electron chi connectivity index (χ1n) is 10.1. The van der Waals surface area contributed by atoms with Gasteiger partial charge < -0.3 is 15.5 Å². The van der Waals surface area contributed by atoms with Crippen molar-refractivity contribution in [3.8, 4) is 0 Å². The van der Waals surface area contributed by atoms with Crippen LogP contribution in [0.15, 0.2) is 59.3 Å². The molecule has 3 N–H and O–H groups in total. The third-order valence-corrected chi connectivity index (χ3v) is 4.91. The van der Waals surface area contributed by atoms with Crippen LogP contribution in [0, 0.1) is 5.92 Å². The summed E-state index contributed by atoms with van der Waals surface area (Å²) in [5.74, 6) is -2.21. The predicted molar refractivity (Wildman–Crippen MR) is 118 cm³/mol. The van der Waals surface area contributed by atoms with Gasteiger partial charge in [-0.15, -0.1) is 0 Å². The molecule has 1 aliphatic carbocycles. The first-order chi connectivity index (χ1) is 14.0. The Balaban J connectivity index is 3.31. The maximum atomic E-state index is 12.9. The smallest absolute Gasteiger partial charge is 0.287 e. The molecule has 0 bridgehead atoms. The molecule has 0 spiro atoms. The Bertz CT molecular complexity index is 800. The molecule has 1 aliphatic rings. The Kier molecular flexibility index (Phi) is 10.4. The molecule has 0 aromatic carbocycles. The van der Waals surface area contributed by atoms with Crippen molar-refractivity contribution in [1.29, 1.82) is 0 Å². The van der Waals surface area contributed by atoms with E-state index in [9.17, 15) is 24.6 Å². The number of Topliss-reactive ketones (excluding diaryl/α,β-unsaturated/α-hetero) is 2. The Morgan fingerprint density at radius 2 is 1.50 bits per heavy atom. The number of hydrogen-bond donors (Lipinski definition) is 3. The molecule has 6 heteroatoms. The number of nitrogens with one attached hydrogen (secondary N) is 1. The van der Waals surface area contributed by atoms with E-state index >= 15 is 0 Å². The Morgan fingerprint density at radius 1 is 0.967 bits per heavy atom. The molecule has 6 nitrogen and oxygen atoms in total. The summed E-state index contributed by atoms with van der Waals surface area (Å²) in [5.41, 5.74) is 2.13. The van der Waals surface area contributed by atoms with Crippen LogP contribution in [-0.4, -0.2) is 45.9 Å². The quantitative estimate of drug-likeness (QED) is 0.602. The molecule has 0 fully saturated rings. The van der Waals surface area contributed by atoms with Crippen molar-refractivity contribution in [2.75, 3.05) is 0 Å². The average Bonchev–Trinajstić information content (AvgIpc) is 2.70. The number of rotatable bonds is 2. The Labute approximate surface area is 178 Å². The summed E-state index contributed by atoms with van der Waals surface area (Å²) >= 11 is 0. The van der Waals surface area contributed by atoms with Crippen molar-refractivity contribution < 1.29 is 24.6 Å². The first kappa shape index (κ1) is 25.5. The van der Waals surface area contributed by atoms with E-state index in [1.807, 2.05) is 13.0 Å². The summed E-state index contributed by atoms with van der Waals surface area (Å²) in [7, 11) is 0. The van der Waals surface area contributed by atoms with Gasteiger partial charge >= 0.3 is 0 Å². The largest absolute Gasteiger partial charge is 0.389 e. The number of carbonyl (C=O) groups is 3. The molecule has 0 aromatic rings. The maximum Gasteiger partial charge on any atom is 0.287 e. The lowest BCUT2D eigenvalue weighted by atomic mass is 9.90. The normalized spacial score (nSPS) is 34.2. The molecule has 0 heterocycles. The van der Waals surface area contributed by atoms with Crippen molar-refractivity contribution in [2.24, 2.45) is 5.92 Å². The van der Waals surface area contributed by atoms with E-state index in [0.717, 1.165) is 11.1 Å². The highest BCUT2D eigenvalue weighted by atomic mass is 16.3. The predicted octanol–water partition coefficient (Wildman–Crippen LogP) is 2.73. The fourth-order valence-electron chi connectivity index (χ4n) is 2.88. The highest BCUT2D eigenvalue weighted by Crippen LogP contribution is 2.16. The van der Waals surface area contributed by atoms with E-state index in [0.29, 0.717) is 12.0 Å². The van der Waals surface area contributed by atoms with Crippen LogP contribution in [0.25, 0.3) is 0 Å². The minimum absolute atomic E-state index is 0.187. The number of allylic oxidation sites excluding steroid dienone is 5.